The SMILES string of the molecule is Cc1ccc(Nc2nc(-c3ccncc3)cs2)c(C)c1. The summed E-state index contributed by atoms with van der Waals surface area (Å²) in [5.41, 5.74) is 5.66. The van der Waals surface area contributed by atoms with Gasteiger partial charge in [0.2, 0.25) is 0 Å². The van der Waals surface area contributed by atoms with Crippen LogP contribution in [-0.4, -0.2) is 9.97 Å². The number of nitrogens with one attached hydrogen (secondary N) is 1. The predicted octanol–water partition coefficient (Wildman–Crippen LogP) is 4.57. The van der Waals surface area contributed by atoms with E-state index in [9.17, 15) is 0 Å². The van der Waals surface area contributed by atoms with Gasteiger partial charge in [0.1, 0.15) is 0 Å². The average molecular weight is 281 g/mol. The Hall–Kier alpha value is -2.20. The van der Waals surface area contributed by atoms with Crippen molar-refractivity contribution in [2.24, 2.45) is 0 Å². The van der Waals surface area contributed by atoms with Gasteiger partial charge in [-0.05, 0) is 37.6 Å². The standard InChI is InChI=1S/C16H15N3S/c1-11-3-4-14(12(2)9-11)18-16-19-15(10-20-16)13-5-7-17-8-6-13/h3-10H,1-2H3,(H,18,19). The van der Waals surface area contributed by atoms with Crippen molar-refractivity contribution in [1.29, 1.82) is 0 Å². The van der Waals surface area contributed by atoms with Crippen LogP contribution >= 0.6 is 11.3 Å². The molecule has 0 unspecified atom stereocenters. The third-order valence-corrected chi connectivity index (χ3v) is 3.86. The van der Waals surface area contributed by atoms with Gasteiger partial charge in [0.05, 0.1) is 5.69 Å². The first-order valence-electron chi connectivity index (χ1n) is 6.42. The van der Waals surface area contributed by atoms with E-state index in [0.717, 1.165) is 22.1 Å². The van der Waals surface area contributed by atoms with Crippen LogP contribution in [0.5, 0.6) is 0 Å². The van der Waals surface area contributed by atoms with Gasteiger partial charge in [-0.2, -0.15) is 0 Å². The Balaban J connectivity index is 1.84. The van der Waals surface area contributed by atoms with Crippen LogP contribution in [0.4, 0.5) is 10.8 Å². The van der Waals surface area contributed by atoms with Crippen molar-refractivity contribution in [3.8, 4) is 11.3 Å². The minimum atomic E-state index is 0.906. The van der Waals surface area contributed by atoms with Crippen LogP contribution in [0.25, 0.3) is 11.3 Å². The molecule has 0 saturated carbocycles. The van der Waals surface area contributed by atoms with Gasteiger partial charge in [-0.1, -0.05) is 17.7 Å². The monoisotopic (exact) mass is 281 g/mol. The number of pyridine rings is 1. The molecular weight excluding hydrogens is 266 g/mol. The highest BCUT2D eigenvalue weighted by Crippen LogP contribution is 2.28. The first-order chi connectivity index (χ1) is 9.72. The third-order valence-electron chi connectivity index (χ3n) is 3.10. The fraction of sp³-hybridized carbons (Fsp3) is 0.125. The van der Waals surface area contributed by atoms with Crippen molar-refractivity contribution in [3.63, 3.8) is 0 Å². The zero-order chi connectivity index (χ0) is 13.9. The fourth-order valence-corrected chi connectivity index (χ4v) is 2.79. The van der Waals surface area contributed by atoms with Crippen LogP contribution in [0.2, 0.25) is 0 Å². The number of hydrogen-bond donors (Lipinski definition) is 1. The predicted molar refractivity (Wildman–Crippen MR) is 84.5 cm³/mol. The Bertz CT molecular complexity index is 720. The highest BCUT2D eigenvalue weighted by atomic mass is 32.1. The summed E-state index contributed by atoms with van der Waals surface area (Å²) in [5.74, 6) is 0. The third kappa shape index (κ3) is 2.70. The first kappa shape index (κ1) is 12.8. The van der Waals surface area contributed by atoms with Crippen molar-refractivity contribution in [3.05, 3.63) is 59.2 Å². The smallest absolute Gasteiger partial charge is 0.187 e. The Morgan fingerprint density at radius 2 is 1.85 bits per heavy atom. The molecule has 0 amide bonds. The van der Waals surface area contributed by atoms with Gasteiger partial charge in [0, 0.05) is 29.0 Å². The van der Waals surface area contributed by atoms with Crippen LogP contribution in [0.1, 0.15) is 11.1 Å². The van der Waals surface area contributed by atoms with E-state index < -0.39 is 0 Å². The maximum Gasteiger partial charge on any atom is 0.187 e. The van der Waals surface area contributed by atoms with Gasteiger partial charge in [-0.25, -0.2) is 4.98 Å². The van der Waals surface area contributed by atoms with Gasteiger partial charge in [-0.15, -0.1) is 11.3 Å². The van der Waals surface area contributed by atoms with Crippen molar-refractivity contribution >= 4 is 22.2 Å². The molecule has 0 aliphatic carbocycles. The summed E-state index contributed by atoms with van der Waals surface area (Å²) >= 11 is 1.61. The molecule has 0 atom stereocenters. The molecule has 1 aromatic carbocycles. The average Bonchev–Trinajstić information content (AvgIpc) is 2.92. The van der Waals surface area contributed by atoms with E-state index in [-0.39, 0.29) is 0 Å². The van der Waals surface area contributed by atoms with Crippen molar-refractivity contribution < 1.29 is 0 Å². The van der Waals surface area contributed by atoms with Crippen molar-refractivity contribution in [2.75, 3.05) is 5.32 Å². The second-order valence-electron chi connectivity index (χ2n) is 4.72. The Labute approximate surface area is 122 Å². The molecule has 20 heavy (non-hydrogen) atoms. The van der Waals surface area contributed by atoms with E-state index in [1.807, 2.05) is 12.1 Å². The van der Waals surface area contributed by atoms with Crippen LogP contribution in [-0.2, 0) is 0 Å². The zero-order valence-electron chi connectivity index (χ0n) is 11.4. The van der Waals surface area contributed by atoms with E-state index in [2.05, 4.69) is 52.7 Å². The lowest BCUT2D eigenvalue weighted by Crippen LogP contribution is -1.93. The number of aryl methyl sites for hydroxylation is 2. The summed E-state index contributed by atoms with van der Waals surface area (Å²) < 4.78 is 0. The summed E-state index contributed by atoms with van der Waals surface area (Å²) in [5, 5.41) is 6.34. The lowest BCUT2D eigenvalue weighted by molar-refractivity contribution is 1.31. The van der Waals surface area contributed by atoms with Crippen LogP contribution in [0, 0.1) is 13.8 Å². The molecule has 0 aliphatic rings. The molecular formula is C16H15N3S. The van der Waals surface area contributed by atoms with Gasteiger partial charge >= 0.3 is 0 Å². The van der Waals surface area contributed by atoms with Gasteiger partial charge in [0.25, 0.3) is 0 Å². The molecule has 2 heterocycles. The molecule has 0 bridgehead atoms. The fourth-order valence-electron chi connectivity index (χ4n) is 2.06. The van der Waals surface area contributed by atoms with Gasteiger partial charge < -0.3 is 5.32 Å². The number of nitrogens with zero attached hydrogens (tertiary/aromatic N) is 2. The molecule has 0 aliphatic heterocycles. The second kappa shape index (κ2) is 5.43. The Morgan fingerprint density at radius 3 is 2.60 bits per heavy atom. The number of aromatic nitrogens is 2. The molecule has 3 rings (SSSR count). The topological polar surface area (TPSA) is 37.8 Å². The van der Waals surface area contributed by atoms with E-state index in [1.165, 1.54) is 11.1 Å². The second-order valence-corrected chi connectivity index (χ2v) is 5.58. The van der Waals surface area contributed by atoms with Crippen LogP contribution < -0.4 is 5.32 Å². The number of benzene rings is 1. The maximum atomic E-state index is 4.62. The molecule has 2 aromatic heterocycles. The largest absolute Gasteiger partial charge is 0.331 e. The molecule has 3 aromatic rings. The Kier molecular flexibility index (Phi) is 3.48. The van der Waals surface area contributed by atoms with E-state index >= 15 is 0 Å². The maximum absolute atomic E-state index is 4.62. The molecule has 3 nitrogen and oxygen atoms in total. The molecule has 0 spiro atoms. The molecule has 100 valence electrons. The lowest BCUT2D eigenvalue weighted by atomic mass is 10.1. The summed E-state index contributed by atoms with van der Waals surface area (Å²) in [6, 6.07) is 10.3. The summed E-state index contributed by atoms with van der Waals surface area (Å²) in [4.78, 5) is 8.64. The lowest BCUT2D eigenvalue weighted by Gasteiger charge is -2.07. The van der Waals surface area contributed by atoms with Crippen molar-refractivity contribution in [1.82, 2.24) is 9.97 Å². The number of rotatable bonds is 3. The number of hydrogen-bond acceptors (Lipinski definition) is 4. The molecule has 0 saturated heterocycles. The highest BCUT2D eigenvalue weighted by molar-refractivity contribution is 7.14. The zero-order valence-corrected chi connectivity index (χ0v) is 12.2. The minimum absolute atomic E-state index is 0.906. The van der Waals surface area contributed by atoms with Crippen molar-refractivity contribution in [2.45, 2.75) is 13.8 Å². The summed E-state index contributed by atoms with van der Waals surface area (Å²) in [6.45, 7) is 4.20. The summed E-state index contributed by atoms with van der Waals surface area (Å²) in [7, 11) is 0. The Morgan fingerprint density at radius 1 is 1.05 bits per heavy atom. The van der Waals surface area contributed by atoms with E-state index in [1.54, 1.807) is 23.7 Å². The minimum Gasteiger partial charge on any atom is -0.331 e. The van der Waals surface area contributed by atoms with E-state index in [0.29, 0.717) is 0 Å². The van der Waals surface area contributed by atoms with Crippen LogP contribution in [0.15, 0.2) is 48.1 Å². The molecule has 4 heteroatoms. The number of thiazole rings is 1. The van der Waals surface area contributed by atoms with Gasteiger partial charge in [-0.3, -0.25) is 4.98 Å². The molecule has 1 N–H and O–H groups in total. The molecule has 0 fully saturated rings. The quantitative estimate of drug-likeness (QED) is 0.764. The highest BCUT2D eigenvalue weighted by Gasteiger charge is 2.06. The van der Waals surface area contributed by atoms with Gasteiger partial charge in [0.15, 0.2) is 5.13 Å². The van der Waals surface area contributed by atoms with E-state index in [4.69, 9.17) is 0 Å². The first-order valence-corrected chi connectivity index (χ1v) is 7.30. The summed E-state index contributed by atoms with van der Waals surface area (Å²) in [6.07, 6.45) is 3.57. The normalized spacial score (nSPS) is 10.5. The molecule has 0 radical (unpaired) electrons. The van der Waals surface area contributed by atoms with Crippen LogP contribution in [0.3, 0.4) is 0 Å². The number of anilines is 2.